The molecule has 3 aromatic rings. The van der Waals surface area contributed by atoms with E-state index < -0.39 is 17.7 Å². The maximum Gasteiger partial charge on any atom is 0.300 e. The number of rotatable bonds is 6. The number of Topliss-reactive ketones (excluding diaryl/α,β-unsaturated/α-hetero) is 1. The zero-order valence-electron chi connectivity index (χ0n) is 18.2. The zero-order chi connectivity index (χ0) is 23.5. The van der Waals surface area contributed by atoms with Gasteiger partial charge in [-0.2, -0.15) is 0 Å². The molecule has 0 saturated carbocycles. The summed E-state index contributed by atoms with van der Waals surface area (Å²) < 4.78 is 10.7. The van der Waals surface area contributed by atoms with E-state index in [1.54, 1.807) is 60.7 Å². The molecule has 0 bridgehead atoms. The van der Waals surface area contributed by atoms with Gasteiger partial charge in [-0.05, 0) is 61.0 Å². The first-order chi connectivity index (χ1) is 15.9. The lowest BCUT2D eigenvalue weighted by Crippen LogP contribution is -2.29. The number of aliphatic hydroxyl groups is 1. The van der Waals surface area contributed by atoms with Gasteiger partial charge in [0.1, 0.15) is 23.0 Å². The van der Waals surface area contributed by atoms with Gasteiger partial charge < -0.3 is 19.7 Å². The number of methoxy groups -OCH3 is 1. The lowest BCUT2D eigenvalue weighted by Gasteiger charge is -2.25. The Morgan fingerprint density at radius 3 is 2.36 bits per heavy atom. The van der Waals surface area contributed by atoms with Crippen LogP contribution in [-0.2, 0) is 9.59 Å². The van der Waals surface area contributed by atoms with Crippen molar-refractivity contribution >= 4 is 23.1 Å². The quantitative estimate of drug-likeness (QED) is 0.331. The lowest BCUT2D eigenvalue weighted by molar-refractivity contribution is -0.132. The Labute approximate surface area is 191 Å². The number of benzene rings is 3. The number of hydrogen-bond donors (Lipinski definition) is 2. The van der Waals surface area contributed by atoms with E-state index in [4.69, 9.17) is 9.47 Å². The Bertz CT molecular complexity index is 1230. The molecule has 1 fully saturated rings. The molecule has 168 valence electrons. The summed E-state index contributed by atoms with van der Waals surface area (Å²) in [6.07, 6.45) is 0. The third-order valence-corrected chi connectivity index (χ3v) is 5.40. The van der Waals surface area contributed by atoms with E-state index in [2.05, 4.69) is 0 Å². The monoisotopic (exact) mass is 445 g/mol. The van der Waals surface area contributed by atoms with E-state index in [0.717, 1.165) is 0 Å². The first-order valence-corrected chi connectivity index (χ1v) is 10.4. The van der Waals surface area contributed by atoms with Crippen molar-refractivity contribution in [3.05, 3.63) is 89.5 Å². The van der Waals surface area contributed by atoms with Crippen molar-refractivity contribution in [2.45, 2.75) is 13.0 Å². The Morgan fingerprint density at radius 2 is 1.70 bits per heavy atom. The van der Waals surface area contributed by atoms with Crippen molar-refractivity contribution in [2.24, 2.45) is 0 Å². The van der Waals surface area contributed by atoms with Crippen molar-refractivity contribution in [1.82, 2.24) is 0 Å². The van der Waals surface area contributed by atoms with Crippen molar-refractivity contribution in [2.75, 3.05) is 18.6 Å². The number of anilines is 1. The molecule has 0 spiro atoms. The fraction of sp³-hybridized carbons (Fsp3) is 0.154. The highest BCUT2D eigenvalue weighted by atomic mass is 16.5. The number of ketones is 1. The van der Waals surface area contributed by atoms with Crippen molar-refractivity contribution in [3.8, 4) is 17.2 Å². The molecule has 0 radical (unpaired) electrons. The maximum atomic E-state index is 13.2. The standard InChI is InChI=1S/C26H23NO6/c1-3-33-20-12-10-16(11-13-20)24(29)22-23(17-6-4-8-19(28)14-17)27(26(31)25(22)30)18-7-5-9-21(15-18)32-2/h4-15,23,28-29H,3H2,1-2H3/b24-22+. The number of nitrogens with zero attached hydrogens (tertiary/aromatic N) is 1. The average Bonchev–Trinajstić information content (AvgIpc) is 3.10. The molecule has 1 amide bonds. The molecular formula is C26H23NO6. The number of aromatic hydroxyl groups is 1. The fourth-order valence-corrected chi connectivity index (χ4v) is 3.90. The summed E-state index contributed by atoms with van der Waals surface area (Å²) in [5.41, 5.74) is 1.20. The van der Waals surface area contributed by atoms with Gasteiger partial charge in [0.15, 0.2) is 0 Å². The number of aliphatic hydroxyl groups excluding tert-OH is 1. The van der Waals surface area contributed by atoms with E-state index in [0.29, 0.717) is 34.9 Å². The Kier molecular flexibility index (Phi) is 6.04. The lowest BCUT2D eigenvalue weighted by atomic mass is 9.95. The number of hydrogen-bond acceptors (Lipinski definition) is 6. The minimum atomic E-state index is -0.948. The number of carbonyl (C=O) groups excluding carboxylic acids is 2. The predicted molar refractivity (Wildman–Crippen MR) is 123 cm³/mol. The van der Waals surface area contributed by atoms with Crippen LogP contribution < -0.4 is 14.4 Å². The molecule has 1 heterocycles. The second-order valence-corrected chi connectivity index (χ2v) is 7.42. The molecule has 7 heteroatoms. The van der Waals surface area contributed by atoms with Gasteiger partial charge >= 0.3 is 0 Å². The predicted octanol–water partition coefficient (Wildman–Crippen LogP) is 4.43. The molecular weight excluding hydrogens is 422 g/mol. The zero-order valence-corrected chi connectivity index (χ0v) is 18.2. The van der Waals surface area contributed by atoms with Gasteiger partial charge in [0.2, 0.25) is 0 Å². The summed E-state index contributed by atoms with van der Waals surface area (Å²) in [4.78, 5) is 27.6. The van der Waals surface area contributed by atoms with E-state index >= 15 is 0 Å². The molecule has 1 aliphatic rings. The van der Waals surface area contributed by atoms with E-state index in [1.807, 2.05) is 6.92 Å². The summed E-state index contributed by atoms with van der Waals surface area (Å²) in [5, 5.41) is 21.2. The smallest absolute Gasteiger partial charge is 0.300 e. The normalized spacial score (nSPS) is 17.3. The van der Waals surface area contributed by atoms with Crippen LogP contribution in [0.3, 0.4) is 0 Å². The molecule has 2 N–H and O–H groups in total. The number of phenols is 1. The molecule has 33 heavy (non-hydrogen) atoms. The Balaban J connectivity index is 1.90. The SMILES string of the molecule is CCOc1ccc(/C(O)=C2\C(=O)C(=O)N(c3cccc(OC)c3)C2c2cccc(O)c2)cc1. The fourth-order valence-electron chi connectivity index (χ4n) is 3.90. The highest BCUT2D eigenvalue weighted by Gasteiger charge is 2.47. The van der Waals surface area contributed by atoms with Gasteiger partial charge in [0.05, 0.1) is 25.3 Å². The number of phenolic OH excluding ortho intramolecular Hbond substituents is 1. The highest BCUT2D eigenvalue weighted by molar-refractivity contribution is 6.51. The van der Waals surface area contributed by atoms with Crippen LogP contribution in [0.4, 0.5) is 5.69 Å². The first-order valence-electron chi connectivity index (χ1n) is 10.4. The first kappa shape index (κ1) is 22.0. The highest BCUT2D eigenvalue weighted by Crippen LogP contribution is 2.43. The molecule has 1 atom stereocenters. The Hall–Kier alpha value is -4.26. The van der Waals surface area contributed by atoms with Crippen LogP contribution >= 0.6 is 0 Å². The maximum absolute atomic E-state index is 13.2. The number of ether oxygens (including phenoxy) is 2. The van der Waals surface area contributed by atoms with Gasteiger partial charge in [0.25, 0.3) is 11.7 Å². The largest absolute Gasteiger partial charge is 0.508 e. The molecule has 0 aromatic heterocycles. The van der Waals surface area contributed by atoms with Crippen LogP contribution in [0.1, 0.15) is 24.1 Å². The minimum absolute atomic E-state index is 0.0233. The number of amides is 1. The summed E-state index contributed by atoms with van der Waals surface area (Å²) in [5.74, 6) is -0.812. The van der Waals surface area contributed by atoms with Crippen LogP contribution in [0.2, 0.25) is 0 Å². The third kappa shape index (κ3) is 4.13. The molecule has 1 unspecified atom stereocenters. The summed E-state index contributed by atoms with van der Waals surface area (Å²) >= 11 is 0. The van der Waals surface area contributed by atoms with Crippen molar-refractivity contribution < 1.29 is 29.3 Å². The van der Waals surface area contributed by atoms with Gasteiger partial charge in [-0.3, -0.25) is 14.5 Å². The van der Waals surface area contributed by atoms with E-state index in [-0.39, 0.29) is 17.1 Å². The van der Waals surface area contributed by atoms with Gasteiger partial charge in [0, 0.05) is 17.3 Å². The summed E-state index contributed by atoms with van der Waals surface area (Å²) in [6.45, 7) is 2.36. The van der Waals surface area contributed by atoms with Gasteiger partial charge in [-0.15, -0.1) is 0 Å². The molecule has 1 aliphatic heterocycles. The van der Waals surface area contributed by atoms with Crippen LogP contribution in [-0.4, -0.2) is 35.6 Å². The molecule has 7 nitrogen and oxygen atoms in total. The second-order valence-electron chi connectivity index (χ2n) is 7.42. The van der Waals surface area contributed by atoms with Crippen LogP contribution in [0.15, 0.2) is 78.4 Å². The molecule has 3 aromatic carbocycles. The van der Waals surface area contributed by atoms with Gasteiger partial charge in [-0.25, -0.2) is 0 Å². The number of carbonyl (C=O) groups is 2. The summed E-state index contributed by atoms with van der Waals surface area (Å²) in [6, 6.07) is 18.7. The molecule has 0 aliphatic carbocycles. The molecule has 4 rings (SSSR count). The minimum Gasteiger partial charge on any atom is -0.508 e. The van der Waals surface area contributed by atoms with Crippen molar-refractivity contribution in [1.29, 1.82) is 0 Å². The average molecular weight is 445 g/mol. The van der Waals surface area contributed by atoms with Gasteiger partial charge in [-0.1, -0.05) is 18.2 Å². The Morgan fingerprint density at radius 1 is 0.970 bits per heavy atom. The molecule has 1 saturated heterocycles. The summed E-state index contributed by atoms with van der Waals surface area (Å²) in [7, 11) is 1.51. The second kappa shape index (κ2) is 9.08. The van der Waals surface area contributed by atoms with Crippen LogP contribution in [0, 0.1) is 0 Å². The van der Waals surface area contributed by atoms with Crippen LogP contribution in [0.25, 0.3) is 5.76 Å². The van der Waals surface area contributed by atoms with E-state index in [1.165, 1.54) is 24.1 Å². The van der Waals surface area contributed by atoms with Crippen LogP contribution in [0.5, 0.6) is 17.2 Å². The topological polar surface area (TPSA) is 96.3 Å². The van der Waals surface area contributed by atoms with E-state index in [9.17, 15) is 19.8 Å². The third-order valence-electron chi connectivity index (χ3n) is 5.40. The van der Waals surface area contributed by atoms with Crippen molar-refractivity contribution in [3.63, 3.8) is 0 Å².